The molecule has 3 aromatic carbocycles. The first-order chi connectivity index (χ1) is 11.2. The van der Waals surface area contributed by atoms with E-state index in [2.05, 4.69) is 36.4 Å². The van der Waals surface area contributed by atoms with Gasteiger partial charge in [0.1, 0.15) is 0 Å². The molecule has 1 amide bonds. The predicted molar refractivity (Wildman–Crippen MR) is 98.0 cm³/mol. The van der Waals surface area contributed by atoms with E-state index in [1.807, 2.05) is 54.6 Å². The maximum absolute atomic E-state index is 12.0. The molecule has 3 heteroatoms. The molecule has 0 aliphatic heterocycles. The van der Waals surface area contributed by atoms with Gasteiger partial charge in [0.25, 0.3) is 0 Å². The Balaban J connectivity index is 2.32. The minimum absolute atomic E-state index is 0.256. The molecule has 3 rings (SSSR count). The van der Waals surface area contributed by atoms with Crippen LogP contribution in [-0.2, 0) is 4.79 Å². The number of carbonyl (C=O) groups is 1. The number of carbonyl (C=O) groups excluding carboxylic acids is 1. The van der Waals surface area contributed by atoms with Crippen molar-refractivity contribution in [3.8, 4) is 0 Å². The van der Waals surface area contributed by atoms with Crippen LogP contribution in [-0.4, -0.2) is 14.0 Å². The van der Waals surface area contributed by atoms with Gasteiger partial charge in [-0.25, -0.2) is 0 Å². The Morgan fingerprint density at radius 1 is 0.652 bits per heavy atom. The molecular weight excluding hydrogens is 298 g/mol. The molecule has 2 N–H and O–H groups in total. The third-order valence-corrected chi connectivity index (χ3v) is 9.07. The van der Waals surface area contributed by atoms with E-state index in [0.29, 0.717) is 6.04 Å². The first-order valence-corrected chi connectivity index (χ1v) is 9.89. The number of primary amides is 1. The SMILES string of the molecule is NC(=O)C[Si](c1ccccc1)(c1ccccc1)c1ccccc1. The monoisotopic (exact) mass is 317 g/mol. The fourth-order valence-corrected chi connectivity index (χ4v) is 7.66. The first kappa shape index (κ1) is 15.3. The van der Waals surface area contributed by atoms with Crippen LogP contribution in [0.3, 0.4) is 0 Å². The number of hydrogen-bond acceptors (Lipinski definition) is 1. The molecule has 114 valence electrons. The zero-order valence-electron chi connectivity index (χ0n) is 12.9. The average Bonchev–Trinajstić information content (AvgIpc) is 2.62. The summed E-state index contributed by atoms with van der Waals surface area (Å²) in [4.78, 5) is 12.0. The van der Waals surface area contributed by atoms with Gasteiger partial charge in [0, 0.05) is 6.04 Å². The van der Waals surface area contributed by atoms with Crippen LogP contribution in [0.25, 0.3) is 0 Å². The number of nitrogens with two attached hydrogens (primary N) is 1. The summed E-state index contributed by atoms with van der Waals surface area (Å²) in [5, 5.41) is 3.61. The molecule has 0 saturated carbocycles. The zero-order chi connectivity index (χ0) is 16.1. The highest BCUT2D eigenvalue weighted by Gasteiger charge is 2.40. The van der Waals surface area contributed by atoms with Crippen LogP contribution in [0, 0.1) is 0 Å². The van der Waals surface area contributed by atoms with E-state index >= 15 is 0 Å². The van der Waals surface area contributed by atoms with Crippen LogP contribution in [0.4, 0.5) is 0 Å². The second kappa shape index (κ2) is 6.63. The van der Waals surface area contributed by atoms with Crippen molar-refractivity contribution in [3.05, 3.63) is 91.0 Å². The lowest BCUT2D eigenvalue weighted by atomic mass is 10.3. The summed E-state index contributed by atoms with van der Waals surface area (Å²) >= 11 is 0. The molecule has 0 aliphatic carbocycles. The van der Waals surface area contributed by atoms with Crippen LogP contribution >= 0.6 is 0 Å². The van der Waals surface area contributed by atoms with Gasteiger partial charge in [0.2, 0.25) is 5.91 Å². The largest absolute Gasteiger partial charge is 0.370 e. The Morgan fingerprint density at radius 3 is 1.22 bits per heavy atom. The molecule has 2 nitrogen and oxygen atoms in total. The second-order valence-corrected chi connectivity index (χ2v) is 9.54. The maximum atomic E-state index is 12.0. The van der Waals surface area contributed by atoms with Gasteiger partial charge in [0.15, 0.2) is 8.07 Å². The summed E-state index contributed by atoms with van der Waals surface area (Å²) in [6.45, 7) is 0. The number of hydrogen-bond donors (Lipinski definition) is 1. The molecule has 0 aliphatic rings. The van der Waals surface area contributed by atoms with Crippen molar-refractivity contribution in [1.82, 2.24) is 0 Å². The van der Waals surface area contributed by atoms with Gasteiger partial charge in [-0.05, 0) is 15.6 Å². The van der Waals surface area contributed by atoms with E-state index in [4.69, 9.17) is 5.73 Å². The second-order valence-electron chi connectivity index (χ2n) is 5.65. The highest BCUT2D eigenvalue weighted by atomic mass is 28.3. The van der Waals surface area contributed by atoms with Crippen LogP contribution in [0.15, 0.2) is 91.0 Å². The standard InChI is InChI=1S/C20H19NOSi/c21-20(22)16-23(17-10-4-1-5-11-17,18-12-6-2-7-13-18)19-14-8-3-9-15-19/h1-15H,16H2,(H2,21,22). The molecule has 0 unspecified atom stereocenters. The highest BCUT2D eigenvalue weighted by molar-refractivity contribution is 7.12. The molecule has 0 saturated heterocycles. The number of amides is 1. The van der Waals surface area contributed by atoms with Crippen molar-refractivity contribution in [2.45, 2.75) is 6.04 Å². The summed E-state index contributed by atoms with van der Waals surface area (Å²) in [5.41, 5.74) is 5.69. The Kier molecular flexibility index (Phi) is 4.39. The summed E-state index contributed by atoms with van der Waals surface area (Å²) in [6, 6.07) is 31.3. The maximum Gasteiger partial charge on any atom is 0.215 e. The van der Waals surface area contributed by atoms with Crippen LogP contribution in [0.5, 0.6) is 0 Å². The van der Waals surface area contributed by atoms with E-state index in [1.165, 1.54) is 15.6 Å². The van der Waals surface area contributed by atoms with Gasteiger partial charge in [-0.15, -0.1) is 0 Å². The van der Waals surface area contributed by atoms with Crippen molar-refractivity contribution < 1.29 is 4.79 Å². The Bertz CT molecular complexity index is 676. The smallest absolute Gasteiger partial charge is 0.215 e. The lowest BCUT2D eigenvalue weighted by Crippen LogP contribution is -2.68. The molecule has 0 fully saturated rings. The third kappa shape index (κ3) is 2.96. The quantitative estimate of drug-likeness (QED) is 0.564. The van der Waals surface area contributed by atoms with Crippen molar-refractivity contribution >= 4 is 29.5 Å². The third-order valence-electron chi connectivity index (χ3n) is 4.24. The molecule has 0 radical (unpaired) electrons. The molecular formula is C20H19NOSi. The van der Waals surface area contributed by atoms with Gasteiger partial charge < -0.3 is 5.73 Å². The van der Waals surface area contributed by atoms with Crippen molar-refractivity contribution in [3.63, 3.8) is 0 Å². The van der Waals surface area contributed by atoms with Crippen molar-refractivity contribution in [1.29, 1.82) is 0 Å². The van der Waals surface area contributed by atoms with Crippen molar-refractivity contribution in [2.75, 3.05) is 0 Å². The van der Waals surface area contributed by atoms with Crippen LogP contribution in [0.2, 0.25) is 6.04 Å². The Morgan fingerprint density at radius 2 is 0.957 bits per heavy atom. The first-order valence-electron chi connectivity index (χ1n) is 7.68. The lowest BCUT2D eigenvalue weighted by Gasteiger charge is -2.32. The highest BCUT2D eigenvalue weighted by Crippen LogP contribution is 2.12. The summed E-state index contributed by atoms with van der Waals surface area (Å²) in [5.74, 6) is -0.256. The van der Waals surface area contributed by atoms with Gasteiger partial charge in [-0.1, -0.05) is 91.0 Å². The van der Waals surface area contributed by atoms with E-state index in [9.17, 15) is 4.79 Å². The van der Waals surface area contributed by atoms with Crippen molar-refractivity contribution in [2.24, 2.45) is 5.73 Å². The lowest BCUT2D eigenvalue weighted by molar-refractivity contribution is -0.116. The summed E-state index contributed by atoms with van der Waals surface area (Å²) < 4.78 is 0. The fraction of sp³-hybridized carbons (Fsp3) is 0.0500. The average molecular weight is 317 g/mol. The predicted octanol–water partition coefficient (Wildman–Crippen LogP) is 1.64. The van der Waals surface area contributed by atoms with Gasteiger partial charge in [0.05, 0.1) is 0 Å². The van der Waals surface area contributed by atoms with E-state index in [-0.39, 0.29) is 5.91 Å². The van der Waals surface area contributed by atoms with Crippen LogP contribution in [0.1, 0.15) is 0 Å². The minimum atomic E-state index is -2.46. The summed E-state index contributed by atoms with van der Waals surface area (Å²) in [6.07, 6.45) is 0. The van der Waals surface area contributed by atoms with E-state index in [0.717, 1.165) is 0 Å². The Labute approximate surface area is 137 Å². The molecule has 0 bridgehead atoms. The molecule has 23 heavy (non-hydrogen) atoms. The van der Waals surface area contributed by atoms with E-state index < -0.39 is 8.07 Å². The fourth-order valence-electron chi connectivity index (χ4n) is 3.24. The molecule has 0 heterocycles. The molecule has 3 aromatic rings. The molecule has 0 spiro atoms. The van der Waals surface area contributed by atoms with Gasteiger partial charge in [-0.3, -0.25) is 4.79 Å². The summed E-state index contributed by atoms with van der Waals surface area (Å²) in [7, 11) is -2.46. The van der Waals surface area contributed by atoms with Gasteiger partial charge in [-0.2, -0.15) is 0 Å². The zero-order valence-corrected chi connectivity index (χ0v) is 13.9. The van der Waals surface area contributed by atoms with Gasteiger partial charge >= 0.3 is 0 Å². The number of rotatable bonds is 5. The topological polar surface area (TPSA) is 43.1 Å². The van der Waals surface area contributed by atoms with E-state index in [1.54, 1.807) is 0 Å². The molecule has 0 atom stereocenters. The minimum Gasteiger partial charge on any atom is -0.370 e. The normalized spacial score (nSPS) is 11.1. The van der Waals surface area contributed by atoms with Crippen LogP contribution < -0.4 is 21.3 Å². The Hall–Kier alpha value is -2.65. The molecule has 0 aromatic heterocycles. The number of benzene rings is 3.